The van der Waals surface area contributed by atoms with Gasteiger partial charge in [-0.15, -0.1) is 0 Å². The van der Waals surface area contributed by atoms with Crippen molar-refractivity contribution in [1.82, 2.24) is 9.55 Å². The predicted molar refractivity (Wildman–Crippen MR) is 120 cm³/mol. The number of para-hydroxylation sites is 1. The minimum absolute atomic E-state index is 0.0973. The maximum absolute atomic E-state index is 13.4. The molecule has 6 nitrogen and oxygen atoms in total. The molecule has 0 aliphatic heterocycles. The number of ether oxygens (including phenoxy) is 1. The fraction of sp³-hybridized carbons (Fsp3) is 0.0870. The van der Waals surface area contributed by atoms with Gasteiger partial charge in [-0.05, 0) is 48.5 Å². The number of amides is 1. The number of rotatable bonds is 6. The van der Waals surface area contributed by atoms with Crippen molar-refractivity contribution >= 4 is 34.3 Å². The highest BCUT2D eigenvalue weighted by Crippen LogP contribution is 2.23. The summed E-state index contributed by atoms with van der Waals surface area (Å²) < 4.78 is 33.1. The Morgan fingerprint density at radius 1 is 1.06 bits per heavy atom. The first-order valence-electron chi connectivity index (χ1n) is 9.50. The van der Waals surface area contributed by atoms with E-state index in [-0.39, 0.29) is 17.0 Å². The number of nitrogens with zero attached hydrogens (tertiary/aromatic N) is 2. The van der Waals surface area contributed by atoms with Gasteiger partial charge in [-0.1, -0.05) is 23.9 Å². The Labute approximate surface area is 185 Å². The van der Waals surface area contributed by atoms with Gasteiger partial charge >= 0.3 is 0 Å². The van der Waals surface area contributed by atoms with Gasteiger partial charge in [-0.3, -0.25) is 14.2 Å². The Morgan fingerprint density at radius 3 is 2.53 bits per heavy atom. The van der Waals surface area contributed by atoms with Crippen LogP contribution >= 0.6 is 11.8 Å². The molecule has 1 N–H and O–H groups in total. The first-order valence-corrected chi connectivity index (χ1v) is 10.5. The lowest BCUT2D eigenvalue weighted by atomic mass is 10.2. The van der Waals surface area contributed by atoms with E-state index in [1.807, 2.05) is 0 Å². The molecule has 4 rings (SSSR count). The summed E-state index contributed by atoms with van der Waals surface area (Å²) in [5.74, 6) is -1.97. The monoisotopic (exact) mass is 453 g/mol. The van der Waals surface area contributed by atoms with Gasteiger partial charge in [0.25, 0.3) is 5.56 Å². The van der Waals surface area contributed by atoms with E-state index in [4.69, 9.17) is 4.74 Å². The van der Waals surface area contributed by atoms with E-state index in [1.165, 1.54) is 10.6 Å². The molecule has 1 amide bonds. The van der Waals surface area contributed by atoms with Crippen LogP contribution in [0.4, 0.5) is 14.5 Å². The molecule has 0 aliphatic carbocycles. The zero-order chi connectivity index (χ0) is 22.7. The van der Waals surface area contributed by atoms with E-state index in [1.54, 1.807) is 55.6 Å². The predicted octanol–water partition coefficient (Wildman–Crippen LogP) is 4.40. The molecule has 0 unspecified atom stereocenters. The van der Waals surface area contributed by atoms with Crippen molar-refractivity contribution < 1.29 is 18.3 Å². The summed E-state index contributed by atoms with van der Waals surface area (Å²) >= 11 is 1.06. The Kier molecular flexibility index (Phi) is 6.18. The molecular formula is C23H17F2N3O3S. The molecule has 1 aromatic heterocycles. The van der Waals surface area contributed by atoms with E-state index < -0.39 is 17.5 Å². The zero-order valence-corrected chi connectivity index (χ0v) is 17.7. The van der Waals surface area contributed by atoms with Crippen molar-refractivity contribution in [3.63, 3.8) is 0 Å². The molecule has 0 atom stereocenters. The van der Waals surface area contributed by atoms with Crippen molar-refractivity contribution in [3.8, 4) is 11.4 Å². The molecule has 9 heteroatoms. The molecule has 162 valence electrons. The van der Waals surface area contributed by atoms with Crippen LogP contribution in [0.1, 0.15) is 0 Å². The lowest BCUT2D eigenvalue weighted by Crippen LogP contribution is -2.23. The third-order valence-electron chi connectivity index (χ3n) is 4.61. The summed E-state index contributed by atoms with van der Waals surface area (Å²) in [7, 11) is 1.55. The van der Waals surface area contributed by atoms with E-state index in [0.717, 1.165) is 23.9 Å². The fourth-order valence-corrected chi connectivity index (χ4v) is 3.88. The van der Waals surface area contributed by atoms with E-state index in [0.29, 0.717) is 27.5 Å². The van der Waals surface area contributed by atoms with Gasteiger partial charge in [0.05, 0.1) is 29.5 Å². The minimum Gasteiger partial charge on any atom is -0.497 e. The van der Waals surface area contributed by atoms with Crippen LogP contribution in [0.15, 0.2) is 76.7 Å². The number of carbonyl (C=O) groups is 1. The smallest absolute Gasteiger partial charge is 0.266 e. The largest absolute Gasteiger partial charge is 0.497 e. The second-order valence-corrected chi connectivity index (χ2v) is 7.66. The molecule has 0 radical (unpaired) electrons. The summed E-state index contributed by atoms with van der Waals surface area (Å²) in [5, 5.41) is 3.27. The van der Waals surface area contributed by atoms with Crippen LogP contribution in [-0.4, -0.2) is 28.3 Å². The van der Waals surface area contributed by atoms with Crippen LogP contribution in [0, 0.1) is 11.6 Å². The molecule has 4 aromatic rings. The van der Waals surface area contributed by atoms with Gasteiger partial charge in [0.1, 0.15) is 5.75 Å². The Hall–Kier alpha value is -3.72. The Morgan fingerprint density at radius 2 is 1.81 bits per heavy atom. The van der Waals surface area contributed by atoms with Crippen molar-refractivity contribution in [1.29, 1.82) is 0 Å². The highest BCUT2D eigenvalue weighted by atomic mass is 32.2. The average molecular weight is 453 g/mol. The highest BCUT2D eigenvalue weighted by molar-refractivity contribution is 7.99. The van der Waals surface area contributed by atoms with Gasteiger partial charge < -0.3 is 10.1 Å². The van der Waals surface area contributed by atoms with E-state index >= 15 is 0 Å². The van der Waals surface area contributed by atoms with Crippen LogP contribution < -0.4 is 15.6 Å². The van der Waals surface area contributed by atoms with Crippen LogP contribution in [0.5, 0.6) is 5.75 Å². The fourth-order valence-electron chi connectivity index (χ4n) is 3.07. The number of thioether (sulfide) groups is 1. The van der Waals surface area contributed by atoms with Gasteiger partial charge in [-0.25, -0.2) is 13.8 Å². The molecule has 32 heavy (non-hydrogen) atoms. The van der Waals surface area contributed by atoms with Crippen LogP contribution in [0.3, 0.4) is 0 Å². The number of fused-ring (bicyclic) bond motifs is 1. The van der Waals surface area contributed by atoms with Gasteiger partial charge in [0, 0.05) is 11.8 Å². The normalized spacial score (nSPS) is 10.8. The maximum Gasteiger partial charge on any atom is 0.266 e. The molecule has 0 fully saturated rings. The van der Waals surface area contributed by atoms with Crippen molar-refractivity contribution in [2.45, 2.75) is 5.16 Å². The number of hydrogen-bond donors (Lipinski definition) is 1. The lowest BCUT2D eigenvalue weighted by Gasteiger charge is -2.13. The van der Waals surface area contributed by atoms with Crippen molar-refractivity contribution in [2.24, 2.45) is 0 Å². The van der Waals surface area contributed by atoms with Gasteiger partial charge in [0.15, 0.2) is 16.8 Å². The van der Waals surface area contributed by atoms with E-state index in [2.05, 4.69) is 10.3 Å². The first-order chi connectivity index (χ1) is 15.5. The van der Waals surface area contributed by atoms with Gasteiger partial charge in [0.2, 0.25) is 5.91 Å². The second kappa shape index (κ2) is 9.19. The summed E-state index contributed by atoms with van der Waals surface area (Å²) in [6.07, 6.45) is 0. The Balaban J connectivity index is 1.65. The summed E-state index contributed by atoms with van der Waals surface area (Å²) in [5.41, 5.74) is 0.932. The molecule has 3 aromatic carbocycles. The molecule has 0 spiro atoms. The molecule has 0 aliphatic rings. The number of anilines is 1. The molecule has 0 saturated carbocycles. The standard InChI is InChI=1S/C23H17F2N3O3S/c1-31-16-9-7-15(8-10-16)28-22(30)17-4-2-3-5-20(17)27-23(28)32-13-21(29)26-14-6-11-18(24)19(25)12-14/h2-12H,13H2,1H3,(H,26,29). The van der Waals surface area contributed by atoms with Crippen molar-refractivity contribution in [3.05, 3.63) is 88.7 Å². The van der Waals surface area contributed by atoms with E-state index in [9.17, 15) is 18.4 Å². The third-order valence-corrected chi connectivity index (χ3v) is 5.55. The second-order valence-electron chi connectivity index (χ2n) is 6.72. The SMILES string of the molecule is COc1ccc(-n2c(SCC(=O)Nc3ccc(F)c(F)c3)nc3ccccc3c2=O)cc1. The molecule has 1 heterocycles. The average Bonchev–Trinajstić information content (AvgIpc) is 2.80. The number of methoxy groups -OCH3 is 1. The number of hydrogen-bond acceptors (Lipinski definition) is 5. The van der Waals surface area contributed by atoms with Gasteiger partial charge in [-0.2, -0.15) is 0 Å². The molecule has 0 saturated heterocycles. The molecular weight excluding hydrogens is 436 g/mol. The summed E-state index contributed by atoms with van der Waals surface area (Å²) in [6, 6.07) is 16.9. The van der Waals surface area contributed by atoms with Crippen LogP contribution in [0.25, 0.3) is 16.6 Å². The first kappa shape index (κ1) is 21.5. The summed E-state index contributed by atoms with van der Waals surface area (Å²) in [6.45, 7) is 0. The van der Waals surface area contributed by atoms with Crippen LogP contribution in [0.2, 0.25) is 0 Å². The number of halogens is 2. The topological polar surface area (TPSA) is 73.2 Å². The third kappa shape index (κ3) is 4.47. The van der Waals surface area contributed by atoms with Crippen molar-refractivity contribution in [2.75, 3.05) is 18.2 Å². The highest BCUT2D eigenvalue weighted by Gasteiger charge is 2.15. The van der Waals surface area contributed by atoms with Crippen LogP contribution in [-0.2, 0) is 4.79 Å². The maximum atomic E-state index is 13.4. The number of benzene rings is 3. The quantitative estimate of drug-likeness (QED) is 0.346. The lowest BCUT2D eigenvalue weighted by molar-refractivity contribution is -0.113. The number of carbonyl (C=O) groups excluding carboxylic acids is 1. The minimum atomic E-state index is -1.06. The molecule has 0 bridgehead atoms. The zero-order valence-electron chi connectivity index (χ0n) is 16.8. The summed E-state index contributed by atoms with van der Waals surface area (Å²) in [4.78, 5) is 30.2. The number of nitrogens with one attached hydrogen (secondary N) is 1. The number of aromatic nitrogens is 2. The Bertz CT molecular complexity index is 1360.